The maximum Gasteiger partial charge on any atom is 0.254 e. The Kier molecular flexibility index (Phi) is 4.18. The summed E-state index contributed by atoms with van der Waals surface area (Å²) in [5, 5.41) is 11.3. The van der Waals surface area contributed by atoms with E-state index >= 15 is 0 Å². The van der Waals surface area contributed by atoms with Crippen molar-refractivity contribution in [1.82, 2.24) is 29.8 Å². The Labute approximate surface area is 151 Å². The third-order valence-corrected chi connectivity index (χ3v) is 5.22. The van der Waals surface area contributed by atoms with Crippen LogP contribution in [0, 0.1) is 5.92 Å². The molecule has 0 spiro atoms. The number of allylic oxidation sites excluding steroid dienone is 1. The Morgan fingerprint density at radius 1 is 1.31 bits per heavy atom. The van der Waals surface area contributed by atoms with E-state index in [1.54, 1.807) is 18.3 Å². The largest absolute Gasteiger partial charge is 0.336 e. The topological polar surface area (TPSA) is 83.7 Å². The highest BCUT2D eigenvalue weighted by molar-refractivity contribution is 5.95. The van der Waals surface area contributed by atoms with Crippen LogP contribution in [0.4, 0.5) is 0 Å². The molecule has 2 unspecified atom stereocenters. The first kappa shape index (κ1) is 16.7. The minimum absolute atomic E-state index is 0.0655. The van der Waals surface area contributed by atoms with Gasteiger partial charge in [0.15, 0.2) is 5.65 Å². The van der Waals surface area contributed by atoms with Crippen LogP contribution in [0.25, 0.3) is 5.65 Å². The second kappa shape index (κ2) is 6.51. The lowest BCUT2D eigenvalue weighted by atomic mass is 9.94. The third-order valence-electron chi connectivity index (χ3n) is 5.22. The number of carbonyl (C=O) groups excluding carboxylic acids is 2. The van der Waals surface area contributed by atoms with Crippen molar-refractivity contribution in [2.75, 3.05) is 19.6 Å². The smallest absolute Gasteiger partial charge is 0.254 e. The summed E-state index contributed by atoms with van der Waals surface area (Å²) in [4.78, 5) is 29.6. The molecule has 26 heavy (non-hydrogen) atoms. The minimum atomic E-state index is -0.109. The van der Waals surface area contributed by atoms with E-state index in [1.807, 2.05) is 23.6 Å². The first-order valence-corrected chi connectivity index (χ1v) is 8.94. The number of rotatable bonds is 3. The fourth-order valence-electron chi connectivity index (χ4n) is 3.78. The second-order valence-corrected chi connectivity index (χ2v) is 7.31. The molecule has 8 nitrogen and oxygen atoms in total. The zero-order valence-electron chi connectivity index (χ0n) is 15.0. The molecule has 2 bridgehead atoms. The Hall–Kier alpha value is -2.77. The fraction of sp³-hybridized carbons (Fsp3) is 0.500. The van der Waals surface area contributed by atoms with Gasteiger partial charge in [0.2, 0.25) is 5.91 Å². The lowest BCUT2D eigenvalue weighted by Crippen LogP contribution is -2.48. The average molecular weight is 354 g/mol. The molecule has 0 radical (unpaired) electrons. The monoisotopic (exact) mass is 354 g/mol. The molecule has 2 aromatic rings. The molecule has 0 saturated carbocycles. The zero-order chi connectivity index (χ0) is 18.3. The van der Waals surface area contributed by atoms with Crippen LogP contribution in [-0.2, 0) is 4.79 Å². The Morgan fingerprint density at radius 2 is 2.15 bits per heavy atom. The van der Waals surface area contributed by atoms with E-state index in [0.717, 1.165) is 12.8 Å². The first-order chi connectivity index (χ1) is 12.5. The fourth-order valence-corrected chi connectivity index (χ4v) is 3.78. The van der Waals surface area contributed by atoms with Crippen LogP contribution in [0.1, 0.15) is 37.0 Å². The predicted octanol–water partition coefficient (Wildman–Crippen LogP) is 1.15. The predicted molar refractivity (Wildman–Crippen MR) is 94.3 cm³/mol. The molecule has 3 aliphatic rings. The van der Waals surface area contributed by atoms with Crippen molar-refractivity contribution in [2.24, 2.45) is 5.92 Å². The van der Waals surface area contributed by atoms with Crippen molar-refractivity contribution in [1.29, 1.82) is 0 Å². The number of amides is 2. The van der Waals surface area contributed by atoms with Gasteiger partial charge in [-0.05, 0) is 49.2 Å². The molecule has 5 heterocycles. The van der Waals surface area contributed by atoms with E-state index in [-0.39, 0.29) is 23.8 Å². The Bertz CT molecular complexity index is 885. The molecule has 8 heteroatoms. The summed E-state index contributed by atoms with van der Waals surface area (Å²) in [5.41, 5.74) is 2.29. The van der Waals surface area contributed by atoms with Gasteiger partial charge < -0.3 is 9.80 Å². The number of tetrazole rings is 1. The molecule has 0 aliphatic carbocycles. The van der Waals surface area contributed by atoms with Crippen LogP contribution in [0.3, 0.4) is 0 Å². The van der Waals surface area contributed by atoms with E-state index in [9.17, 15) is 9.59 Å². The maximum atomic E-state index is 13.0. The van der Waals surface area contributed by atoms with Gasteiger partial charge in [0, 0.05) is 37.4 Å². The molecule has 0 aromatic carbocycles. The summed E-state index contributed by atoms with van der Waals surface area (Å²) < 4.78 is 1.52. The summed E-state index contributed by atoms with van der Waals surface area (Å²) >= 11 is 0. The van der Waals surface area contributed by atoms with Gasteiger partial charge >= 0.3 is 0 Å². The molecule has 0 N–H and O–H groups in total. The van der Waals surface area contributed by atoms with Crippen LogP contribution in [0.5, 0.6) is 0 Å². The highest BCUT2D eigenvalue weighted by atomic mass is 16.2. The molecule has 2 amide bonds. The van der Waals surface area contributed by atoms with E-state index < -0.39 is 0 Å². The van der Waals surface area contributed by atoms with Gasteiger partial charge in [-0.15, -0.1) is 5.10 Å². The van der Waals surface area contributed by atoms with Crippen LogP contribution in [0.2, 0.25) is 0 Å². The number of fused-ring (bicyclic) bond motifs is 5. The maximum absolute atomic E-state index is 13.0. The number of pyridine rings is 1. The molecule has 2 aromatic heterocycles. The Balaban J connectivity index is 1.57. The summed E-state index contributed by atoms with van der Waals surface area (Å²) in [5.74, 6) is -0.00262. The van der Waals surface area contributed by atoms with Crippen LogP contribution >= 0.6 is 0 Å². The zero-order valence-corrected chi connectivity index (χ0v) is 15.0. The number of piperidine rings is 1. The second-order valence-electron chi connectivity index (χ2n) is 7.31. The van der Waals surface area contributed by atoms with E-state index in [4.69, 9.17) is 0 Å². The van der Waals surface area contributed by atoms with E-state index in [2.05, 4.69) is 21.6 Å². The molecule has 3 fully saturated rings. The SMILES string of the molecule is CC(C)=CCN1C(=O)C2CCC1CN(C(=O)c1ccn3nnnc3c1)C2. The summed E-state index contributed by atoms with van der Waals surface area (Å²) in [6.07, 6.45) is 5.56. The quantitative estimate of drug-likeness (QED) is 0.772. The standard InChI is InChI=1S/C18H22N6O2/c1-12(2)5-7-23-15-4-3-14(18(23)26)10-22(11-15)17(25)13-6-8-24-16(9-13)19-20-21-24/h5-6,8-9,14-15H,3-4,7,10-11H2,1-2H3. The molecule has 136 valence electrons. The van der Waals surface area contributed by atoms with Gasteiger partial charge in [0.25, 0.3) is 5.91 Å². The molecule has 3 aliphatic heterocycles. The van der Waals surface area contributed by atoms with Gasteiger partial charge in [-0.25, -0.2) is 4.52 Å². The van der Waals surface area contributed by atoms with Crippen molar-refractivity contribution in [2.45, 2.75) is 32.7 Å². The summed E-state index contributed by atoms with van der Waals surface area (Å²) in [7, 11) is 0. The van der Waals surface area contributed by atoms with Gasteiger partial charge in [0.1, 0.15) is 0 Å². The Morgan fingerprint density at radius 3 is 2.96 bits per heavy atom. The lowest BCUT2D eigenvalue weighted by molar-refractivity contribution is -0.139. The van der Waals surface area contributed by atoms with Gasteiger partial charge in [-0.1, -0.05) is 11.6 Å². The van der Waals surface area contributed by atoms with E-state index in [1.165, 1.54) is 10.1 Å². The molecule has 2 atom stereocenters. The van der Waals surface area contributed by atoms with Crippen molar-refractivity contribution in [3.05, 3.63) is 35.5 Å². The lowest BCUT2D eigenvalue weighted by Gasteiger charge is -2.35. The molecular formula is C18H22N6O2. The highest BCUT2D eigenvalue weighted by Crippen LogP contribution is 2.30. The summed E-state index contributed by atoms with van der Waals surface area (Å²) in [6.45, 7) is 5.75. The van der Waals surface area contributed by atoms with Crippen LogP contribution in [0.15, 0.2) is 30.0 Å². The summed E-state index contributed by atoms with van der Waals surface area (Å²) in [6, 6.07) is 3.50. The highest BCUT2D eigenvalue weighted by Gasteiger charge is 2.41. The number of hydrogen-bond donors (Lipinski definition) is 0. The minimum Gasteiger partial charge on any atom is -0.336 e. The van der Waals surface area contributed by atoms with Gasteiger partial charge in [-0.3, -0.25) is 9.59 Å². The molecule has 3 saturated heterocycles. The van der Waals surface area contributed by atoms with E-state index in [0.29, 0.717) is 30.8 Å². The number of carbonyl (C=O) groups is 2. The average Bonchev–Trinajstić information content (AvgIpc) is 2.93. The number of hydrogen-bond acceptors (Lipinski definition) is 5. The third kappa shape index (κ3) is 2.95. The van der Waals surface area contributed by atoms with Crippen LogP contribution < -0.4 is 0 Å². The van der Waals surface area contributed by atoms with Crippen molar-refractivity contribution >= 4 is 17.5 Å². The normalized spacial score (nSPS) is 22.6. The molecular weight excluding hydrogens is 332 g/mol. The van der Waals surface area contributed by atoms with Crippen molar-refractivity contribution in [3.63, 3.8) is 0 Å². The number of nitrogens with zero attached hydrogens (tertiary/aromatic N) is 6. The van der Waals surface area contributed by atoms with Crippen LogP contribution in [-0.4, -0.2) is 67.3 Å². The number of aromatic nitrogens is 4. The van der Waals surface area contributed by atoms with Gasteiger partial charge in [0.05, 0.1) is 5.92 Å². The first-order valence-electron chi connectivity index (χ1n) is 8.94. The van der Waals surface area contributed by atoms with Crippen molar-refractivity contribution in [3.8, 4) is 0 Å². The van der Waals surface area contributed by atoms with Crippen molar-refractivity contribution < 1.29 is 9.59 Å². The molecule has 5 rings (SSSR count). The van der Waals surface area contributed by atoms with Gasteiger partial charge in [-0.2, -0.15) is 0 Å².